The van der Waals surface area contributed by atoms with E-state index in [0.717, 1.165) is 56.9 Å². The first-order valence-electron chi connectivity index (χ1n) is 12.6. The lowest BCUT2D eigenvalue weighted by molar-refractivity contribution is 0.142. The van der Waals surface area contributed by atoms with Crippen molar-refractivity contribution >= 4 is 28.3 Å². The summed E-state index contributed by atoms with van der Waals surface area (Å²) in [7, 11) is 0. The minimum atomic E-state index is 0.268. The standard InChI is InChI=1S/C25H28N10O2/c26-25-30-23-20(24-29-22(31-35(24)25)21-2-1-13-36-21)16-28-34(23)12-9-32-7-10-33(11-8-32)17-3-5-18(6-4-17)37-19-14-27-15-19/h1-6,13,16,19,27H,7-12,14-15H2,(H2,26,30). The molecule has 7 rings (SSSR count). The largest absolute Gasteiger partial charge is 0.488 e. The maximum absolute atomic E-state index is 6.22. The second kappa shape index (κ2) is 9.05. The van der Waals surface area contributed by atoms with E-state index in [2.05, 4.69) is 59.5 Å². The summed E-state index contributed by atoms with van der Waals surface area (Å²) in [5.41, 5.74) is 8.79. The highest BCUT2D eigenvalue weighted by Crippen LogP contribution is 2.24. The smallest absolute Gasteiger partial charge is 0.225 e. The molecule has 0 amide bonds. The zero-order valence-corrected chi connectivity index (χ0v) is 20.3. The fourth-order valence-electron chi connectivity index (χ4n) is 4.87. The van der Waals surface area contributed by atoms with Gasteiger partial charge in [-0.1, -0.05) is 0 Å². The number of hydrogen-bond donors (Lipinski definition) is 2. The molecule has 0 atom stereocenters. The number of rotatable bonds is 7. The Bertz CT molecular complexity index is 1510. The van der Waals surface area contributed by atoms with E-state index in [4.69, 9.17) is 14.9 Å². The van der Waals surface area contributed by atoms with Crippen molar-refractivity contribution < 1.29 is 9.15 Å². The summed E-state index contributed by atoms with van der Waals surface area (Å²) in [4.78, 5) is 14.1. The molecular weight excluding hydrogens is 472 g/mol. The van der Waals surface area contributed by atoms with Crippen LogP contribution < -0.4 is 20.7 Å². The Kier molecular flexibility index (Phi) is 5.40. The third-order valence-electron chi connectivity index (χ3n) is 7.09. The normalized spacial score (nSPS) is 17.0. The van der Waals surface area contributed by atoms with Crippen molar-refractivity contribution in [2.75, 3.05) is 56.4 Å². The molecule has 37 heavy (non-hydrogen) atoms. The van der Waals surface area contributed by atoms with Crippen LogP contribution in [0.15, 0.2) is 53.3 Å². The summed E-state index contributed by atoms with van der Waals surface area (Å²) in [5.74, 6) is 2.26. The number of hydrogen-bond acceptors (Lipinski definition) is 10. The highest BCUT2D eigenvalue weighted by molar-refractivity contribution is 5.90. The first-order chi connectivity index (χ1) is 18.2. The predicted octanol–water partition coefficient (Wildman–Crippen LogP) is 1.49. The van der Waals surface area contributed by atoms with Crippen molar-refractivity contribution in [3.8, 4) is 17.3 Å². The molecule has 0 saturated carbocycles. The monoisotopic (exact) mass is 500 g/mol. The molecule has 12 heteroatoms. The Morgan fingerprint density at radius 1 is 1.00 bits per heavy atom. The first-order valence-corrected chi connectivity index (χ1v) is 12.6. The van der Waals surface area contributed by atoms with Crippen LogP contribution in [0.3, 0.4) is 0 Å². The van der Waals surface area contributed by atoms with Gasteiger partial charge in [0.05, 0.1) is 24.4 Å². The van der Waals surface area contributed by atoms with Gasteiger partial charge < -0.3 is 25.1 Å². The highest BCUT2D eigenvalue weighted by atomic mass is 16.5. The van der Waals surface area contributed by atoms with Gasteiger partial charge in [-0.05, 0) is 36.4 Å². The lowest BCUT2D eigenvalue weighted by atomic mass is 10.2. The molecule has 3 N–H and O–H groups in total. The number of ether oxygens (including phenoxy) is 1. The average molecular weight is 501 g/mol. The Hall–Kier alpha value is -4.16. The SMILES string of the molecule is Nc1nc2c(cnn2CCN2CCN(c3ccc(OC4CNC4)cc3)CC2)c2nc(-c3ccco3)nn12. The fraction of sp³-hybridized carbons (Fsp3) is 0.360. The number of fused-ring (bicyclic) bond motifs is 3. The van der Waals surface area contributed by atoms with Gasteiger partial charge in [0.15, 0.2) is 17.1 Å². The number of nitrogens with two attached hydrogens (primary N) is 1. The van der Waals surface area contributed by atoms with Gasteiger partial charge in [-0.15, -0.1) is 5.10 Å². The van der Waals surface area contributed by atoms with E-state index in [-0.39, 0.29) is 5.95 Å². The maximum atomic E-state index is 6.22. The minimum Gasteiger partial charge on any atom is -0.488 e. The third kappa shape index (κ3) is 4.13. The van der Waals surface area contributed by atoms with Gasteiger partial charge in [0, 0.05) is 51.5 Å². The number of piperazine rings is 1. The Morgan fingerprint density at radius 3 is 2.57 bits per heavy atom. The van der Waals surface area contributed by atoms with Gasteiger partial charge in [0.25, 0.3) is 0 Å². The second-order valence-corrected chi connectivity index (χ2v) is 9.44. The first kappa shape index (κ1) is 22.1. The van der Waals surface area contributed by atoms with Gasteiger partial charge in [0.2, 0.25) is 11.8 Å². The van der Waals surface area contributed by atoms with Gasteiger partial charge in [0.1, 0.15) is 11.9 Å². The lowest BCUT2D eigenvalue weighted by Crippen LogP contribution is -2.50. The number of benzene rings is 1. The lowest BCUT2D eigenvalue weighted by Gasteiger charge is -2.36. The number of furan rings is 1. The molecule has 2 fully saturated rings. The van der Waals surface area contributed by atoms with Crippen molar-refractivity contribution in [2.24, 2.45) is 0 Å². The van der Waals surface area contributed by atoms with Crippen molar-refractivity contribution in [1.29, 1.82) is 0 Å². The Balaban J connectivity index is 0.995. The molecule has 2 saturated heterocycles. The Labute approximate surface area is 212 Å². The zero-order chi connectivity index (χ0) is 24.8. The molecule has 2 aliphatic rings. The van der Waals surface area contributed by atoms with Crippen LogP contribution in [0.4, 0.5) is 11.6 Å². The average Bonchev–Trinajstić information content (AvgIpc) is 3.66. The van der Waals surface area contributed by atoms with Crippen LogP contribution >= 0.6 is 0 Å². The van der Waals surface area contributed by atoms with Gasteiger partial charge in [-0.25, -0.2) is 9.67 Å². The van der Waals surface area contributed by atoms with Gasteiger partial charge in [-0.2, -0.15) is 14.6 Å². The molecule has 190 valence electrons. The fourth-order valence-corrected chi connectivity index (χ4v) is 4.87. The predicted molar refractivity (Wildman–Crippen MR) is 139 cm³/mol. The van der Waals surface area contributed by atoms with E-state index in [1.54, 1.807) is 18.5 Å². The number of nitrogen functional groups attached to an aromatic ring is 1. The number of nitrogens with one attached hydrogen (secondary N) is 1. The topological polar surface area (TPSA) is 128 Å². The third-order valence-corrected chi connectivity index (χ3v) is 7.09. The molecule has 5 aromatic rings. The van der Waals surface area contributed by atoms with E-state index < -0.39 is 0 Å². The molecule has 0 spiro atoms. The molecular formula is C25H28N10O2. The molecule has 1 aromatic carbocycles. The van der Waals surface area contributed by atoms with Crippen LogP contribution in [0.5, 0.6) is 5.75 Å². The van der Waals surface area contributed by atoms with Crippen LogP contribution in [0, 0.1) is 0 Å². The van der Waals surface area contributed by atoms with E-state index in [1.807, 2.05) is 10.7 Å². The highest BCUT2D eigenvalue weighted by Gasteiger charge is 2.21. The van der Waals surface area contributed by atoms with Gasteiger partial charge in [-0.3, -0.25) is 4.90 Å². The summed E-state index contributed by atoms with van der Waals surface area (Å²) in [6.07, 6.45) is 3.68. The van der Waals surface area contributed by atoms with Crippen molar-refractivity contribution in [2.45, 2.75) is 12.6 Å². The van der Waals surface area contributed by atoms with Crippen LogP contribution in [-0.2, 0) is 6.54 Å². The minimum absolute atomic E-state index is 0.268. The molecule has 0 radical (unpaired) electrons. The van der Waals surface area contributed by atoms with Crippen molar-refractivity contribution in [3.63, 3.8) is 0 Å². The van der Waals surface area contributed by atoms with Crippen LogP contribution in [0.25, 0.3) is 28.3 Å². The van der Waals surface area contributed by atoms with Crippen LogP contribution in [0.2, 0.25) is 0 Å². The van der Waals surface area contributed by atoms with E-state index in [1.165, 1.54) is 10.2 Å². The number of aromatic nitrogens is 6. The van der Waals surface area contributed by atoms with Crippen LogP contribution in [0.1, 0.15) is 0 Å². The molecule has 0 aliphatic carbocycles. The summed E-state index contributed by atoms with van der Waals surface area (Å²) in [6.45, 7) is 7.39. The summed E-state index contributed by atoms with van der Waals surface area (Å²) in [6, 6.07) is 12.1. The number of anilines is 2. The van der Waals surface area contributed by atoms with Crippen molar-refractivity contribution in [1.82, 2.24) is 39.6 Å². The second-order valence-electron chi connectivity index (χ2n) is 9.44. The molecule has 4 aromatic heterocycles. The summed E-state index contributed by atoms with van der Waals surface area (Å²) < 4.78 is 14.8. The quantitative estimate of drug-likeness (QED) is 0.339. The van der Waals surface area contributed by atoms with E-state index in [9.17, 15) is 0 Å². The number of nitrogens with zero attached hydrogens (tertiary/aromatic N) is 8. The van der Waals surface area contributed by atoms with Crippen LogP contribution in [-0.4, -0.2) is 86.2 Å². The van der Waals surface area contributed by atoms with Crippen molar-refractivity contribution in [3.05, 3.63) is 48.9 Å². The van der Waals surface area contributed by atoms with E-state index in [0.29, 0.717) is 35.5 Å². The zero-order valence-electron chi connectivity index (χ0n) is 20.3. The molecule has 12 nitrogen and oxygen atoms in total. The molecule has 6 heterocycles. The van der Waals surface area contributed by atoms with E-state index >= 15 is 0 Å². The summed E-state index contributed by atoms with van der Waals surface area (Å²) >= 11 is 0. The van der Waals surface area contributed by atoms with Gasteiger partial charge >= 0.3 is 0 Å². The molecule has 0 unspecified atom stereocenters. The molecule has 0 bridgehead atoms. The molecule has 2 aliphatic heterocycles. The maximum Gasteiger partial charge on any atom is 0.225 e. The Morgan fingerprint density at radius 2 is 1.84 bits per heavy atom. The summed E-state index contributed by atoms with van der Waals surface area (Å²) in [5, 5.41) is 13.1.